The van der Waals surface area contributed by atoms with Crippen LogP contribution in [0.3, 0.4) is 0 Å². The maximum atomic E-state index is 14.1. The Labute approximate surface area is 246 Å². The van der Waals surface area contributed by atoms with E-state index in [1.54, 1.807) is 4.57 Å². The lowest BCUT2D eigenvalue weighted by molar-refractivity contribution is -0.136. The Morgan fingerprint density at radius 2 is 1.76 bits per heavy atom. The number of hydrogen-bond acceptors (Lipinski definition) is 5. The van der Waals surface area contributed by atoms with Crippen molar-refractivity contribution in [2.75, 3.05) is 7.11 Å². The number of aromatic nitrogens is 2. The number of thiazole rings is 1. The third-order valence-corrected chi connectivity index (χ3v) is 8.81. The first kappa shape index (κ1) is 27.0. The SMILES string of the molecule is CCC1=C(C(=O)OC)[C@@H](c2ccccc2)n2c(s/c(=C\c3c(C)n(Cc4ccc(Cl)cc4)c4ccccc34)c2=O)=N1. The first-order valence-electron chi connectivity index (χ1n) is 13.4. The number of hydrogen-bond donors (Lipinski definition) is 0. The summed E-state index contributed by atoms with van der Waals surface area (Å²) >= 11 is 7.46. The second-order valence-electron chi connectivity index (χ2n) is 9.93. The molecule has 0 N–H and O–H groups in total. The quantitative estimate of drug-likeness (QED) is 0.239. The van der Waals surface area contributed by atoms with Gasteiger partial charge in [0.1, 0.15) is 0 Å². The molecule has 0 spiro atoms. The highest BCUT2D eigenvalue weighted by Crippen LogP contribution is 2.32. The van der Waals surface area contributed by atoms with E-state index < -0.39 is 12.0 Å². The highest BCUT2D eigenvalue weighted by atomic mass is 35.5. The molecule has 0 fully saturated rings. The van der Waals surface area contributed by atoms with Gasteiger partial charge in [0.15, 0.2) is 4.80 Å². The van der Waals surface area contributed by atoms with Crippen LogP contribution in [-0.2, 0) is 16.1 Å². The van der Waals surface area contributed by atoms with Crippen molar-refractivity contribution in [1.82, 2.24) is 9.13 Å². The van der Waals surface area contributed by atoms with E-state index in [4.69, 9.17) is 21.3 Å². The van der Waals surface area contributed by atoms with Crippen molar-refractivity contribution in [3.63, 3.8) is 0 Å². The van der Waals surface area contributed by atoms with Gasteiger partial charge in [0, 0.05) is 33.7 Å². The molecule has 2 aromatic heterocycles. The normalized spacial score (nSPS) is 15.2. The second kappa shape index (κ2) is 11.0. The zero-order valence-electron chi connectivity index (χ0n) is 22.9. The van der Waals surface area contributed by atoms with Gasteiger partial charge in [-0.2, -0.15) is 0 Å². The number of allylic oxidation sites excluding steroid dienone is 1. The van der Waals surface area contributed by atoms with E-state index in [0.29, 0.717) is 38.6 Å². The average Bonchev–Trinajstić information content (AvgIpc) is 3.45. The van der Waals surface area contributed by atoms with E-state index in [-0.39, 0.29) is 5.56 Å². The number of carbonyl (C=O) groups excluding carboxylic acids is 1. The molecule has 0 radical (unpaired) electrons. The maximum Gasteiger partial charge on any atom is 0.338 e. The Morgan fingerprint density at radius 3 is 2.46 bits per heavy atom. The van der Waals surface area contributed by atoms with Gasteiger partial charge in [0.05, 0.1) is 29.0 Å². The number of rotatable bonds is 6. The highest BCUT2D eigenvalue weighted by Gasteiger charge is 2.33. The van der Waals surface area contributed by atoms with Gasteiger partial charge < -0.3 is 9.30 Å². The molecular formula is C33H28ClN3O3S. The number of nitrogens with zero attached hydrogens (tertiary/aromatic N) is 3. The smallest absolute Gasteiger partial charge is 0.338 e. The van der Waals surface area contributed by atoms with Crippen LogP contribution in [0.15, 0.2) is 99.9 Å². The van der Waals surface area contributed by atoms with Crippen molar-refractivity contribution in [2.45, 2.75) is 32.9 Å². The third kappa shape index (κ3) is 4.75. The van der Waals surface area contributed by atoms with Gasteiger partial charge in [-0.05, 0) is 48.7 Å². The number of benzene rings is 3. The largest absolute Gasteiger partial charge is 0.466 e. The van der Waals surface area contributed by atoms with Crippen molar-refractivity contribution < 1.29 is 9.53 Å². The molecule has 6 nitrogen and oxygen atoms in total. The molecule has 3 heterocycles. The summed E-state index contributed by atoms with van der Waals surface area (Å²) in [5.41, 5.74) is 5.93. The zero-order chi connectivity index (χ0) is 28.7. The van der Waals surface area contributed by atoms with Crippen molar-refractivity contribution in [1.29, 1.82) is 0 Å². The predicted molar refractivity (Wildman–Crippen MR) is 164 cm³/mol. The number of halogens is 1. The van der Waals surface area contributed by atoms with Gasteiger partial charge in [-0.15, -0.1) is 0 Å². The first-order valence-corrected chi connectivity index (χ1v) is 14.6. The highest BCUT2D eigenvalue weighted by molar-refractivity contribution is 7.07. The molecule has 41 heavy (non-hydrogen) atoms. The monoisotopic (exact) mass is 581 g/mol. The number of fused-ring (bicyclic) bond motifs is 2. The Morgan fingerprint density at radius 1 is 1.05 bits per heavy atom. The minimum absolute atomic E-state index is 0.187. The van der Waals surface area contributed by atoms with Gasteiger partial charge in [0.2, 0.25) is 0 Å². The van der Waals surface area contributed by atoms with Crippen LogP contribution in [0.4, 0.5) is 0 Å². The molecule has 1 aliphatic rings. The molecule has 0 aliphatic carbocycles. The summed E-state index contributed by atoms with van der Waals surface area (Å²) < 4.78 is 9.63. The van der Waals surface area contributed by atoms with Crippen LogP contribution in [0.5, 0.6) is 0 Å². The number of ether oxygens (including phenoxy) is 1. The molecule has 5 aromatic rings. The Balaban J connectivity index is 1.56. The molecule has 1 aliphatic heterocycles. The van der Waals surface area contributed by atoms with E-state index in [1.165, 1.54) is 18.4 Å². The average molecular weight is 582 g/mol. The van der Waals surface area contributed by atoms with Gasteiger partial charge in [-0.1, -0.05) is 90.5 Å². The molecule has 6 rings (SSSR count). The molecule has 0 saturated carbocycles. The fourth-order valence-corrected chi connectivity index (χ4v) is 6.69. The van der Waals surface area contributed by atoms with E-state index in [0.717, 1.165) is 33.3 Å². The summed E-state index contributed by atoms with van der Waals surface area (Å²) in [6, 6.07) is 25.0. The topological polar surface area (TPSA) is 65.6 Å². The summed E-state index contributed by atoms with van der Waals surface area (Å²) in [4.78, 5) is 32.5. The summed E-state index contributed by atoms with van der Waals surface area (Å²) in [5.74, 6) is -0.477. The van der Waals surface area contributed by atoms with Crippen LogP contribution < -0.4 is 14.9 Å². The minimum Gasteiger partial charge on any atom is -0.466 e. The predicted octanol–water partition coefficient (Wildman–Crippen LogP) is 5.76. The van der Waals surface area contributed by atoms with Crippen LogP contribution in [0.2, 0.25) is 5.02 Å². The van der Waals surface area contributed by atoms with Crippen molar-refractivity contribution in [3.05, 3.63) is 137 Å². The lowest BCUT2D eigenvalue weighted by Gasteiger charge is -2.25. The fourth-order valence-electron chi connectivity index (χ4n) is 5.56. The summed E-state index contributed by atoms with van der Waals surface area (Å²) in [7, 11) is 1.36. The summed E-state index contributed by atoms with van der Waals surface area (Å²) in [6.07, 6.45) is 2.51. The Hall–Kier alpha value is -4.20. The second-order valence-corrected chi connectivity index (χ2v) is 11.4. The van der Waals surface area contributed by atoms with Crippen LogP contribution in [-0.4, -0.2) is 22.2 Å². The summed E-state index contributed by atoms with van der Waals surface area (Å²) in [6.45, 7) is 4.71. The van der Waals surface area contributed by atoms with Crippen LogP contribution >= 0.6 is 22.9 Å². The number of carbonyl (C=O) groups is 1. The van der Waals surface area contributed by atoms with E-state index in [2.05, 4.69) is 23.6 Å². The zero-order valence-corrected chi connectivity index (χ0v) is 24.5. The van der Waals surface area contributed by atoms with Gasteiger partial charge in [-0.25, -0.2) is 9.79 Å². The van der Waals surface area contributed by atoms with Crippen LogP contribution in [0, 0.1) is 6.92 Å². The molecular weight excluding hydrogens is 554 g/mol. The summed E-state index contributed by atoms with van der Waals surface area (Å²) in [5, 5.41) is 1.77. The molecule has 206 valence electrons. The Bertz CT molecular complexity index is 2000. The molecule has 8 heteroatoms. The molecule has 1 atom stereocenters. The first-order chi connectivity index (χ1) is 19.9. The lowest BCUT2D eigenvalue weighted by Crippen LogP contribution is -2.40. The van der Waals surface area contributed by atoms with Crippen molar-refractivity contribution in [3.8, 4) is 0 Å². The van der Waals surface area contributed by atoms with Crippen LogP contribution in [0.25, 0.3) is 17.0 Å². The molecule has 0 amide bonds. The molecule has 0 saturated heterocycles. The fraction of sp³-hybridized carbons (Fsp3) is 0.182. The standard InChI is InChI=1S/C33H28ClN3O3S/c1-4-26-29(32(39)40-3)30(22-10-6-5-7-11-22)37-31(38)28(41-33(37)35-26)18-25-20(2)36(27-13-9-8-12-24(25)27)19-21-14-16-23(34)17-15-21/h5-18,30H,4,19H2,1-3H3/b28-18-/t30-/m1/s1. The minimum atomic E-state index is -0.621. The Kier molecular flexibility index (Phi) is 7.24. The lowest BCUT2D eigenvalue weighted by atomic mass is 9.95. The number of methoxy groups -OCH3 is 1. The number of esters is 1. The van der Waals surface area contributed by atoms with Crippen molar-refractivity contribution >= 4 is 45.9 Å². The maximum absolute atomic E-state index is 14.1. The van der Waals surface area contributed by atoms with Crippen molar-refractivity contribution in [2.24, 2.45) is 4.99 Å². The van der Waals surface area contributed by atoms with Crippen LogP contribution in [0.1, 0.15) is 41.8 Å². The van der Waals surface area contributed by atoms with E-state index in [1.807, 2.05) is 79.7 Å². The van der Waals surface area contributed by atoms with E-state index in [9.17, 15) is 9.59 Å². The number of para-hydroxylation sites is 1. The van der Waals surface area contributed by atoms with Gasteiger partial charge in [-0.3, -0.25) is 9.36 Å². The van der Waals surface area contributed by atoms with E-state index >= 15 is 0 Å². The molecule has 0 unspecified atom stereocenters. The molecule has 3 aromatic carbocycles. The van der Waals surface area contributed by atoms with Gasteiger partial charge in [0.25, 0.3) is 5.56 Å². The molecule has 0 bridgehead atoms. The van der Waals surface area contributed by atoms with Gasteiger partial charge >= 0.3 is 5.97 Å². The third-order valence-electron chi connectivity index (χ3n) is 7.57.